The van der Waals surface area contributed by atoms with Crippen LogP contribution in [0.5, 0.6) is 0 Å². The third-order valence-corrected chi connectivity index (χ3v) is 4.46. The fourth-order valence-corrected chi connectivity index (χ4v) is 3.46. The molecule has 5 nitrogen and oxygen atoms in total. The van der Waals surface area contributed by atoms with Crippen molar-refractivity contribution in [3.8, 4) is 0 Å². The van der Waals surface area contributed by atoms with Gasteiger partial charge in [0.25, 0.3) is 0 Å². The van der Waals surface area contributed by atoms with E-state index >= 15 is 0 Å². The van der Waals surface area contributed by atoms with Crippen LogP contribution in [-0.4, -0.2) is 34.8 Å². The summed E-state index contributed by atoms with van der Waals surface area (Å²) in [6.45, 7) is 2.38. The first kappa shape index (κ1) is 13.1. The van der Waals surface area contributed by atoms with Crippen molar-refractivity contribution in [2.24, 2.45) is 5.73 Å². The van der Waals surface area contributed by atoms with Crippen molar-refractivity contribution in [1.29, 1.82) is 0 Å². The van der Waals surface area contributed by atoms with Gasteiger partial charge in [-0.2, -0.15) is 0 Å². The van der Waals surface area contributed by atoms with E-state index in [0.717, 1.165) is 38.2 Å². The van der Waals surface area contributed by atoms with Gasteiger partial charge in [-0.1, -0.05) is 18.1 Å². The average molecular weight is 264 g/mol. The molecule has 1 aliphatic heterocycles. The molecule has 2 N–H and O–H groups in total. The van der Waals surface area contributed by atoms with Gasteiger partial charge >= 0.3 is 0 Å². The van der Waals surface area contributed by atoms with Gasteiger partial charge in [0.1, 0.15) is 0 Å². The van der Waals surface area contributed by atoms with Gasteiger partial charge < -0.3 is 10.5 Å². The SMILES string of the molecule is NCCc1nnn(C2CCCC2)c1C1CCOCC1. The summed E-state index contributed by atoms with van der Waals surface area (Å²) in [6.07, 6.45) is 8.19. The van der Waals surface area contributed by atoms with Gasteiger partial charge in [-0.05, 0) is 32.2 Å². The van der Waals surface area contributed by atoms with Gasteiger partial charge in [-0.15, -0.1) is 5.10 Å². The van der Waals surface area contributed by atoms with Crippen molar-refractivity contribution in [2.75, 3.05) is 19.8 Å². The lowest BCUT2D eigenvalue weighted by molar-refractivity contribution is 0.0828. The smallest absolute Gasteiger partial charge is 0.0874 e. The van der Waals surface area contributed by atoms with Crippen LogP contribution in [0.25, 0.3) is 0 Å². The van der Waals surface area contributed by atoms with Crippen LogP contribution in [0.2, 0.25) is 0 Å². The zero-order valence-electron chi connectivity index (χ0n) is 11.6. The van der Waals surface area contributed by atoms with E-state index in [-0.39, 0.29) is 0 Å². The fraction of sp³-hybridized carbons (Fsp3) is 0.857. The van der Waals surface area contributed by atoms with E-state index < -0.39 is 0 Å². The maximum atomic E-state index is 5.72. The Kier molecular flexibility index (Phi) is 4.13. The highest BCUT2D eigenvalue weighted by molar-refractivity contribution is 5.18. The van der Waals surface area contributed by atoms with Crippen LogP contribution in [0.1, 0.15) is 61.9 Å². The summed E-state index contributed by atoms with van der Waals surface area (Å²) >= 11 is 0. The molecule has 1 saturated heterocycles. The van der Waals surface area contributed by atoms with Crippen molar-refractivity contribution >= 4 is 0 Å². The maximum absolute atomic E-state index is 5.72. The number of rotatable bonds is 4. The Balaban J connectivity index is 1.89. The molecule has 1 saturated carbocycles. The third-order valence-electron chi connectivity index (χ3n) is 4.46. The molecule has 0 spiro atoms. The van der Waals surface area contributed by atoms with Crippen molar-refractivity contribution in [1.82, 2.24) is 15.0 Å². The average Bonchev–Trinajstić information content (AvgIpc) is 3.08. The second kappa shape index (κ2) is 6.01. The first-order valence-corrected chi connectivity index (χ1v) is 7.62. The molecule has 0 unspecified atom stereocenters. The zero-order valence-corrected chi connectivity index (χ0v) is 11.6. The lowest BCUT2D eigenvalue weighted by Gasteiger charge is -2.25. The summed E-state index contributed by atoms with van der Waals surface area (Å²) in [5.74, 6) is 0.561. The summed E-state index contributed by atoms with van der Waals surface area (Å²) in [4.78, 5) is 0. The minimum Gasteiger partial charge on any atom is -0.381 e. The van der Waals surface area contributed by atoms with Crippen LogP contribution in [-0.2, 0) is 11.2 Å². The molecule has 1 aromatic heterocycles. The lowest BCUT2D eigenvalue weighted by Crippen LogP contribution is -2.21. The number of hydrogen-bond acceptors (Lipinski definition) is 4. The summed E-state index contributed by atoms with van der Waals surface area (Å²) in [5.41, 5.74) is 8.21. The Bertz CT molecular complexity index is 406. The van der Waals surface area contributed by atoms with Crippen LogP contribution in [0.15, 0.2) is 0 Å². The number of ether oxygens (including phenoxy) is 1. The summed E-state index contributed by atoms with van der Waals surface area (Å²) in [7, 11) is 0. The minimum absolute atomic E-state index is 0.561. The predicted octanol–water partition coefficient (Wildman–Crippen LogP) is 1.79. The van der Waals surface area contributed by atoms with Gasteiger partial charge in [0.15, 0.2) is 0 Å². The highest BCUT2D eigenvalue weighted by Crippen LogP contribution is 2.35. The van der Waals surface area contributed by atoms with Crippen LogP contribution in [0.4, 0.5) is 0 Å². The van der Waals surface area contributed by atoms with Crippen molar-refractivity contribution in [3.05, 3.63) is 11.4 Å². The Hall–Kier alpha value is -0.940. The van der Waals surface area contributed by atoms with Gasteiger partial charge in [-0.3, -0.25) is 0 Å². The van der Waals surface area contributed by atoms with Crippen LogP contribution in [0.3, 0.4) is 0 Å². The fourth-order valence-electron chi connectivity index (χ4n) is 3.46. The first-order valence-electron chi connectivity index (χ1n) is 7.62. The molecule has 0 aromatic carbocycles. The topological polar surface area (TPSA) is 66.0 Å². The molecule has 19 heavy (non-hydrogen) atoms. The van der Waals surface area contributed by atoms with Gasteiger partial charge in [0.05, 0.1) is 17.4 Å². The molecular weight excluding hydrogens is 240 g/mol. The third kappa shape index (κ3) is 2.67. The lowest BCUT2D eigenvalue weighted by atomic mass is 9.93. The number of nitrogens with two attached hydrogens (primary N) is 1. The molecule has 0 radical (unpaired) electrons. The first-order chi connectivity index (χ1) is 9.40. The molecule has 2 heterocycles. The van der Waals surface area contributed by atoms with E-state index in [4.69, 9.17) is 10.5 Å². The van der Waals surface area contributed by atoms with Crippen molar-refractivity contribution in [2.45, 2.75) is 56.9 Å². The molecule has 2 fully saturated rings. The molecule has 0 bridgehead atoms. The van der Waals surface area contributed by atoms with Gasteiger partial charge in [0.2, 0.25) is 0 Å². The Morgan fingerprint density at radius 3 is 2.58 bits per heavy atom. The van der Waals surface area contributed by atoms with E-state index in [1.165, 1.54) is 31.4 Å². The molecule has 0 amide bonds. The second-order valence-corrected chi connectivity index (χ2v) is 5.73. The van der Waals surface area contributed by atoms with Crippen molar-refractivity contribution < 1.29 is 4.74 Å². The maximum Gasteiger partial charge on any atom is 0.0874 e. The molecular formula is C14H24N4O. The molecule has 0 atom stereocenters. The molecule has 5 heteroatoms. The summed E-state index contributed by atoms with van der Waals surface area (Å²) in [5, 5.41) is 8.88. The Morgan fingerprint density at radius 2 is 1.89 bits per heavy atom. The van der Waals surface area contributed by atoms with E-state index in [1.54, 1.807) is 0 Å². The van der Waals surface area contributed by atoms with Gasteiger partial charge in [-0.25, -0.2) is 4.68 Å². The molecule has 3 rings (SSSR count). The monoisotopic (exact) mass is 264 g/mol. The quantitative estimate of drug-likeness (QED) is 0.900. The molecule has 2 aliphatic rings. The standard InChI is InChI=1S/C14H24N4O/c15-8-5-13-14(11-6-9-19-10-7-11)18(17-16-13)12-3-1-2-4-12/h11-12H,1-10,15H2. The van der Waals surface area contributed by atoms with E-state index in [1.807, 2.05) is 0 Å². The highest BCUT2D eigenvalue weighted by Gasteiger charge is 2.28. The zero-order chi connectivity index (χ0) is 13.1. The van der Waals surface area contributed by atoms with E-state index in [9.17, 15) is 0 Å². The van der Waals surface area contributed by atoms with Crippen LogP contribution < -0.4 is 5.73 Å². The molecule has 1 aliphatic carbocycles. The highest BCUT2D eigenvalue weighted by atomic mass is 16.5. The van der Waals surface area contributed by atoms with E-state index in [0.29, 0.717) is 18.5 Å². The summed E-state index contributed by atoms with van der Waals surface area (Å²) < 4.78 is 7.72. The number of nitrogens with zero attached hydrogens (tertiary/aromatic N) is 3. The molecule has 106 valence electrons. The second-order valence-electron chi connectivity index (χ2n) is 5.73. The Morgan fingerprint density at radius 1 is 1.16 bits per heavy atom. The summed E-state index contributed by atoms with van der Waals surface area (Å²) in [6, 6.07) is 0.567. The minimum atomic E-state index is 0.561. The largest absolute Gasteiger partial charge is 0.381 e. The van der Waals surface area contributed by atoms with Crippen LogP contribution in [0, 0.1) is 0 Å². The normalized spacial score (nSPS) is 22.2. The van der Waals surface area contributed by atoms with Crippen LogP contribution >= 0.6 is 0 Å². The molecule has 1 aromatic rings. The van der Waals surface area contributed by atoms with Gasteiger partial charge in [0, 0.05) is 25.6 Å². The Labute approximate surface area is 114 Å². The number of aromatic nitrogens is 3. The number of hydrogen-bond donors (Lipinski definition) is 1. The predicted molar refractivity (Wildman–Crippen MR) is 73.1 cm³/mol. The van der Waals surface area contributed by atoms with E-state index in [2.05, 4.69) is 15.0 Å². The van der Waals surface area contributed by atoms with Crippen molar-refractivity contribution in [3.63, 3.8) is 0 Å².